The molecule has 2 aromatic carbocycles. The van der Waals surface area contributed by atoms with Crippen molar-refractivity contribution in [2.24, 2.45) is 0 Å². The van der Waals surface area contributed by atoms with Crippen molar-refractivity contribution in [3.8, 4) is 6.07 Å². The topological polar surface area (TPSA) is 52.9 Å². The summed E-state index contributed by atoms with van der Waals surface area (Å²) in [6.07, 6.45) is 1.61. The zero-order valence-corrected chi connectivity index (χ0v) is 11.0. The van der Waals surface area contributed by atoms with Crippen LogP contribution in [0.1, 0.15) is 15.9 Å². The average Bonchev–Trinajstić information content (AvgIpc) is 2.53. The second kappa shape index (κ2) is 5.22. The number of Topliss-reactive ketones (excluding diaryl/α,β-unsaturated/α-hetero) is 1. The van der Waals surface area contributed by atoms with Gasteiger partial charge >= 0.3 is 0 Å². The van der Waals surface area contributed by atoms with E-state index in [4.69, 9.17) is 5.26 Å². The summed E-state index contributed by atoms with van der Waals surface area (Å²) < 4.78 is 13.0. The first kappa shape index (κ1) is 13.1. The van der Waals surface area contributed by atoms with Crippen molar-refractivity contribution in [3.05, 3.63) is 71.6 Å². The number of fused-ring (bicyclic) bond motifs is 1. The Bertz CT molecular complexity index is 772. The monoisotopic (exact) mass is 278 g/mol. The maximum atomic E-state index is 13.0. The van der Waals surface area contributed by atoms with Gasteiger partial charge in [-0.25, -0.2) is 4.39 Å². The van der Waals surface area contributed by atoms with Crippen LogP contribution < -0.4 is 5.32 Å². The molecule has 0 aromatic heterocycles. The van der Waals surface area contributed by atoms with Crippen LogP contribution in [-0.4, -0.2) is 11.8 Å². The molecule has 1 N–H and O–H groups in total. The van der Waals surface area contributed by atoms with Gasteiger partial charge in [0.05, 0.1) is 6.07 Å². The van der Waals surface area contributed by atoms with Crippen LogP contribution in [0, 0.1) is 17.1 Å². The van der Waals surface area contributed by atoms with Gasteiger partial charge in [-0.15, -0.1) is 0 Å². The Kier molecular flexibility index (Phi) is 3.25. The second-order valence-electron chi connectivity index (χ2n) is 4.71. The Hall–Kier alpha value is -2.93. The molecule has 2 aromatic rings. The Balaban J connectivity index is 2.07. The largest absolute Gasteiger partial charge is 0.366 e. The van der Waals surface area contributed by atoms with E-state index in [9.17, 15) is 9.18 Å². The summed E-state index contributed by atoms with van der Waals surface area (Å²) in [6.45, 7) is 0. The Morgan fingerprint density at radius 3 is 2.57 bits per heavy atom. The quantitative estimate of drug-likeness (QED) is 0.856. The first-order valence-corrected chi connectivity index (χ1v) is 6.46. The molecular formula is C17H11FN2O. The van der Waals surface area contributed by atoms with Crippen molar-refractivity contribution in [2.45, 2.75) is 6.04 Å². The van der Waals surface area contributed by atoms with Crippen LogP contribution in [0.5, 0.6) is 0 Å². The van der Waals surface area contributed by atoms with Crippen molar-refractivity contribution in [2.75, 3.05) is 5.32 Å². The lowest BCUT2D eigenvalue weighted by Gasteiger charge is -2.21. The van der Waals surface area contributed by atoms with Gasteiger partial charge in [0, 0.05) is 22.4 Å². The zero-order chi connectivity index (χ0) is 14.8. The Morgan fingerprint density at radius 2 is 1.86 bits per heavy atom. The number of halogens is 1. The molecule has 3 nitrogen and oxygen atoms in total. The maximum Gasteiger partial charge on any atom is 0.193 e. The minimum atomic E-state index is -0.556. The molecule has 21 heavy (non-hydrogen) atoms. The number of para-hydroxylation sites is 1. The number of nitrogens with one attached hydrogen (secondary N) is 1. The highest BCUT2D eigenvalue weighted by Gasteiger charge is 2.23. The molecule has 0 saturated heterocycles. The van der Waals surface area contributed by atoms with Gasteiger partial charge in [-0.05, 0) is 36.4 Å². The van der Waals surface area contributed by atoms with Gasteiger partial charge in [0.2, 0.25) is 0 Å². The lowest BCUT2D eigenvalue weighted by atomic mass is 9.91. The zero-order valence-electron chi connectivity index (χ0n) is 11.0. The molecule has 102 valence electrons. The van der Waals surface area contributed by atoms with E-state index < -0.39 is 6.04 Å². The van der Waals surface area contributed by atoms with Crippen LogP contribution in [0.4, 0.5) is 10.1 Å². The van der Waals surface area contributed by atoms with E-state index in [1.807, 2.05) is 24.3 Å². The summed E-state index contributed by atoms with van der Waals surface area (Å²) in [5, 5.41) is 12.1. The molecule has 1 unspecified atom stereocenters. The van der Waals surface area contributed by atoms with Crippen molar-refractivity contribution in [1.82, 2.24) is 0 Å². The molecule has 0 amide bonds. The van der Waals surface area contributed by atoms with Crippen LogP contribution in [0.25, 0.3) is 5.57 Å². The summed E-state index contributed by atoms with van der Waals surface area (Å²) in [5.41, 5.74) is 2.36. The number of ketones is 1. The minimum absolute atomic E-state index is 0.218. The van der Waals surface area contributed by atoms with Crippen molar-refractivity contribution >= 4 is 17.0 Å². The number of hydrogen-bond acceptors (Lipinski definition) is 3. The predicted molar refractivity (Wildman–Crippen MR) is 78.2 cm³/mol. The molecule has 0 fully saturated rings. The van der Waals surface area contributed by atoms with Gasteiger partial charge in [-0.2, -0.15) is 5.26 Å². The first-order chi connectivity index (χ1) is 10.2. The van der Waals surface area contributed by atoms with Gasteiger partial charge in [-0.3, -0.25) is 4.79 Å². The number of allylic oxidation sites excluding steroid dienone is 1. The van der Waals surface area contributed by atoms with E-state index in [1.165, 1.54) is 24.3 Å². The second-order valence-corrected chi connectivity index (χ2v) is 4.71. The van der Waals surface area contributed by atoms with Crippen LogP contribution in [-0.2, 0) is 0 Å². The van der Waals surface area contributed by atoms with E-state index in [-0.39, 0.29) is 11.6 Å². The lowest BCUT2D eigenvalue weighted by molar-refractivity contribution is 0.105. The molecule has 3 rings (SSSR count). The third kappa shape index (κ3) is 2.41. The van der Waals surface area contributed by atoms with Crippen molar-refractivity contribution < 1.29 is 9.18 Å². The number of carbonyl (C=O) groups excluding carboxylic acids is 1. The van der Waals surface area contributed by atoms with Crippen LogP contribution in [0.15, 0.2) is 54.6 Å². The highest BCUT2D eigenvalue weighted by Crippen LogP contribution is 2.31. The highest BCUT2D eigenvalue weighted by molar-refractivity contribution is 6.30. The summed E-state index contributed by atoms with van der Waals surface area (Å²) in [5.74, 6) is -0.606. The molecular weight excluding hydrogens is 267 g/mol. The fourth-order valence-electron chi connectivity index (χ4n) is 2.33. The van der Waals surface area contributed by atoms with Gasteiger partial charge in [0.15, 0.2) is 5.78 Å². The van der Waals surface area contributed by atoms with E-state index in [2.05, 4.69) is 11.4 Å². The summed E-state index contributed by atoms with van der Waals surface area (Å²) in [6, 6.07) is 14.3. The maximum absolute atomic E-state index is 13.0. The van der Waals surface area contributed by atoms with Crippen molar-refractivity contribution in [3.63, 3.8) is 0 Å². The number of nitriles is 1. The molecule has 1 heterocycles. The number of carbonyl (C=O) groups is 1. The molecule has 4 heteroatoms. The number of hydrogen-bond donors (Lipinski definition) is 1. The summed E-state index contributed by atoms with van der Waals surface area (Å²) >= 11 is 0. The fourth-order valence-corrected chi connectivity index (χ4v) is 2.33. The molecule has 1 atom stereocenters. The van der Waals surface area contributed by atoms with Crippen LogP contribution in [0.2, 0.25) is 0 Å². The Labute approximate surface area is 121 Å². The number of anilines is 1. The third-order valence-corrected chi connectivity index (χ3v) is 3.35. The lowest BCUT2D eigenvalue weighted by Crippen LogP contribution is -2.22. The van der Waals surface area contributed by atoms with E-state index in [1.54, 1.807) is 6.08 Å². The van der Waals surface area contributed by atoms with Gasteiger partial charge in [0.25, 0.3) is 0 Å². The Morgan fingerprint density at radius 1 is 1.14 bits per heavy atom. The normalized spacial score (nSPS) is 16.2. The molecule has 1 aliphatic rings. The van der Waals surface area contributed by atoms with Crippen molar-refractivity contribution in [1.29, 1.82) is 5.26 Å². The van der Waals surface area contributed by atoms with Gasteiger partial charge < -0.3 is 5.32 Å². The first-order valence-electron chi connectivity index (χ1n) is 6.46. The van der Waals surface area contributed by atoms with Crippen LogP contribution in [0.3, 0.4) is 0 Å². The summed E-state index contributed by atoms with van der Waals surface area (Å²) in [4.78, 5) is 12.6. The van der Waals surface area contributed by atoms with Gasteiger partial charge in [-0.1, -0.05) is 18.2 Å². The van der Waals surface area contributed by atoms with Crippen LogP contribution >= 0.6 is 0 Å². The predicted octanol–water partition coefficient (Wildman–Crippen LogP) is 3.41. The number of nitrogens with zero attached hydrogens (tertiary/aromatic N) is 1. The SMILES string of the molecule is N#CC1C=C(C(=O)c2ccc(F)cc2)c2ccccc2N1. The fraction of sp³-hybridized carbons (Fsp3) is 0.0588. The minimum Gasteiger partial charge on any atom is -0.366 e. The molecule has 0 aliphatic carbocycles. The molecule has 0 radical (unpaired) electrons. The molecule has 0 spiro atoms. The number of benzene rings is 2. The average molecular weight is 278 g/mol. The van der Waals surface area contributed by atoms with E-state index in [0.717, 1.165) is 11.3 Å². The highest BCUT2D eigenvalue weighted by atomic mass is 19.1. The third-order valence-electron chi connectivity index (χ3n) is 3.35. The standard InChI is InChI=1S/C17H11FN2O/c18-12-7-5-11(6-8-12)17(21)15-9-13(10-19)20-16-4-2-1-3-14(15)16/h1-9,13,20H. The number of rotatable bonds is 2. The van der Waals surface area contributed by atoms with Gasteiger partial charge in [0.1, 0.15) is 11.9 Å². The summed E-state index contributed by atoms with van der Waals surface area (Å²) in [7, 11) is 0. The van der Waals surface area contributed by atoms with E-state index in [0.29, 0.717) is 11.1 Å². The molecule has 1 aliphatic heterocycles. The smallest absolute Gasteiger partial charge is 0.193 e. The molecule has 0 saturated carbocycles. The van der Waals surface area contributed by atoms with E-state index >= 15 is 0 Å². The molecule has 0 bridgehead atoms.